The third-order valence-electron chi connectivity index (χ3n) is 3.21. The Bertz CT molecular complexity index is 565. The Morgan fingerprint density at radius 2 is 2.05 bits per heavy atom. The molecule has 1 saturated carbocycles. The van der Waals surface area contributed by atoms with Crippen molar-refractivity contribution >= 4 is 10.8 Å². The highest BCUT2D eigenvalue weighted by molar-refractivity contribution is 7.84. The van der Waals surface area contributed by atoms with Crippen LogP contribution in [0.1, 0.15) is 30.3 Å². The Kier molecular flexibility index (Phi) is 3.68. The molecule has 100 valence electrons. The monoisotopic (exact) mass is 276 g/mol. The first-order valence-corrected chi connectivity index (χ1v) is 7.97. The molecule has 0 radical (unpaired) electrons. The number of benzene rings is 1. The third-order valence-corrected chi connectivity index (χ3v) is 4.44. The normalized spacial score (nSPS) is 16.4. The van der Waals surface area contributed by atoms with Gasteiger partial charge in [0.1, 0.15) is 0 Å². The summed E-state index contributed by atoms with van der Waals surface area (Å²) in [6.45, 7) is 0. The summed E-state index contributed by atoms with van der Waals surface area (Å²) < 4.78 is 13.9. The topological polar surface area (TPSA) is 60.7 Å². The Morgan fingerprint density at radius 3 is 2.79 bits per heavy atom. The van der Waals surface area contributed by atoms with Crippen molar-refractivity contribution in [3.05, 3.63) is 41.7 Å². The van der Waals surface area contributed by atoms with Crippen LogP contribution in [0.3, 0.4) is 0 Å². The minimum atomic E-state index is -0.912. The van der Waals surface area contributed by atoms with Crippen molar-refractivity contribution < 1.29 is 4.21 Å². The summed E-state index contributed by atoms with van der Waals surface area (Å²) in [5.74, 6) is 1.87. The van der Waals surface area contributed by atoms with E-state index >= 15 is 0 Å². The van der Waals surface area contributed by atoms with Gasteiger partial charge in [0.25, 0.3) is 0 Å². The van der Waals surface area contributed by atoms with Gasteiger partial charge in [0, 0.05) is 16.6 Å². The molecule has 19 heavy (non-hydrogen) atoms. The molecular weight excluding hydrogens is 260 g/mol. The molecule has 0 saturated heterocycles. The molecule has 0 amide bonds. The van der Waals surface area contributed by atoms with E-state index in [1.54, 1.807) is 0 Å². The van der Waals surface area contributed by atoms with E-state index in [4.69, 9.17) is 0 Å². The number of aryl methyl sites for hydroxylation is 1. The molecule has 0 N–H and O–H groups in total. The average Bonchev–Trinajstić information content (AvgIpc) is 3.18. The fraction of sp³-hybridized carbons (Fsp3) is 0.462. The molecule has 0 spiro atoms. The van der Waals surface area contributed by atoms with Crippen molar-refractivity contribution in [2.24, 2.45) is 0 Å². The van der Waals surface area contributed by atoms with Crippen LogP contribution in [-0.2, 0) is 23.0 Å². The van der Waals surface area contributed by atoms with Gasteiger partial charge >= 0.3 is 0 Å². The highest BCUT2D eigenvalue weighted by Crippen LogP contribution is 2.34. The number of aromatic nitrogens is 4. The van der Waals surface area contributed by atoms with Crippen LogP contribution in [0.5, 0.6) is 0 Å². The minimum Gasteiger partial charge on any atom is -0.259 e. The lowest BCUT2D eigenvalue weighted by molar-refractivity contribution is 0.591. The Balaban J connectivity index is 1.55. The molecule has 2 aromatic rings. The van der Waals surface area contributed by atoms with Crippen LogP contribution in [0.25, 0.3) is 0 Å². The summed E-state index contributed by atoms with van der Waals surface area (Å²) in [5.41, 5.74) is 1.22. The molecule has 1 aromatic carbocycles. The smallest absolute Gasteiger partial charge is 0.164 e. The van der Waals surface area contributed by atoms with Gasteiger partial charge in [-0.15, -0.1) is 5.10 Å². The van der Waals surface area contributed by atoms with Crippen molar-refractivity contribution in [1.82, 2.24) is 20.2 Å². The average molecular weight is 276 g/mol. The van der Waals surface area contributed by atoms with Crippen LogP contribution in [0, 0.1) is 0 Å². The van der Waals surface area contributed by atoms with E-state index in [2.05, 4.69) is 27.7 Å². The third kappa shape index (κ3) is 3.26. The quantitative estimate of drug-likeness (QED) is 0.802. The predicted octanol–water partition coefficient (Wildman–Crippen LogP) is 1.50. The Hall–Kier alpha value is -1.56. The fourth-order valence-electron chi connectivity index (χ4n) is 2.00. The van der Waals surface area contributed by atoms with Crippen LogP contribution >= 0.6 is 0 Å². The zero-order valence-corrected chi connectivity index (χ0v) is 11.4. The standard InChI is InChI=1S/C13H16N4OS/c18-19(9-8-11-4-2-1-3-5-11)10-13-14-15-16-17(13)12-6-7-12/h1-5,12H,6-10H2/t19-/m0/s1. The van der Waals surface area contributed by atoms with Crippen LogP contribution in [0.2, 0.25) is 0 Å². The van der Waals surface area contributed by atoms with Crippen LogP contribution in [-0.4, -0.2) is 30.2 Å². The summed E-state index contributed by atoms with van der Waals surface area (Å²) in [7, 11) is -0.912. The first-order chi connectivity index (χ1) is 9.33. The van der Waals surface area contributed by atoms with Gasteiger partial charge in [-0.3, -0.25) is 4.21 Å². The maximum Gasteiger partial charge on any atom is 0.164 e. The van der Waals surface area contributed by atoms with Crippen molar-refractivity contribution in [2.75, 3.05) is 5.75 Å². The van der Waals surface area contributed by atoms with E-state index in [1.165, 1.54) is 5.56 Å². The zero-order chi connectivity index (χ0) is 13.1. The van der Waals surface area contributed by atoms with Crippen molar-refractivity contribution in [1.29, 1.82) is 0 Å². The summed E-state index contributed by atoms with van der Waals surface area (Å²) in [5, 5.41) is 11.6. The number of nitrogens with zero attached hydrogens (tertiary/aromatic N) is 4. The molecule has 0 aliphatic heterocycles. The van der Waals surface area contributed by atoms with E-state index in [9.17, 15) is 4.21 Å². The number of hydrogen-bond acceptors (Lipinski definition) is 4. The second kappa shape index (κ2) is 5.61. The van der Waals surface area contributed by atoms with Crippen LogP contribution < -0.4 is 0 Å². The summed E-state index contributed by atoms with van der Waals surface area (Å²) in [6, 6.07) is 10.6. The second-order valence-electron chi connectivity index (χ2n) is 4.79. The van der Waals surface area contributed by atoms with Crippen LogP contribution in [0.4, 0.5) is 0 Å². The Morgan fingerprint density at radius 1 is 1.26 bits per heavy atom. The molecule has 0 unspecified atom stereocenters. The SMILES string of the molecule is O=[S@@](CCc1ccccc1)Cc1nnnn1C1CC1. The van der Waals surface area contributed by atoms with Crippen LogP contribution in [0.15, 0.2) is 30.3 Å². The summed E-state index contributed by atoms with van der Waals surface area (Å²) >= 11 is 0. The van der Waals surface area contributed by atoms with Gasteiger partial charge in [0.15, 0.2) is 5.82 Å². The lowest BCUT2D eigenvalue weighted by atomic mass is 10.2. The molecular formula is C13H16N4OS. The van der Waals surface area contributed by atoms with Gasteiger partial charge in [-0.1, -0.05) is 30.3 Å². The molecule has 1 fully saturated rings. The van der Waals surface area contributed by atoms with Crippen molar-refractivity contribution in [3.63, 3.8) is 0 Å². The molecule has 5 nitrogen and oxygen atoms in total. The lowest BCUT2D eigenvalue weighted by Gasteiger charge is -2.03. The molecule has 1 heterocycles. The number of tetrazole rings is 1. The minimum absolute atomic E-state index is 0.441. The summed E-state index contributed by atoms with van der Waals surface area (Å²) in [6.07, 6.45) is 3.10. The van der Waals surface area contributed by atoms with Gasteiger partial charge in [0.2, 0.25) is 0 Å². The van der Waals surface area contributed by atoms with Gasteiger partial charge in [-0.25, -0.2) is 4.68 Å². The largest absolute Gasteiger partial charge is 0.259 e. The molecule has 0 bridgehead atoms. The van der Waals surface area contributed by atoms with E-state index in [1.807, 2.05) is 22.9 Å². The maximum atomic E-state index is 12.1. The number of hydrogen-bond donors (Lipinski definition) is 0. The van der Waals surface area contributed by atoms with Crippen molar-refractivity contribution in [2.45, 2.75) is 31.1 Å². The molecule has 6 heteroatoms. The van der Waals surface area contributed by atoms with Crippen molar-refractivity contribution in [3.8, 4) is 0 Å². The molecule has 3 rings (SSSR count). The van der Waals surface area contributed by atoms with E-state index in [0.29, 0.717) is 17.5 Å². The predicted molar refractivity (Wildman–Crippen MR) is 72.9 cm³/mol. The van der Waals surface area contributed by atoms with Gasteiger partial charge < -0.3 is 0 Å². The van der Waals surface area contributed by atoms with Gasteiger partial charge in [-0.2, -0.15) is 0 Å². The maximum absolute atomic E-state index is 12.1. The van der Waals surface area contributed by atoms with E-state index in [0.717, 1.165) is 25.1 Å². The van der Waals surface area contributed by atoms with E-state index in [-0.39, 0.29) is 0 Å². The second-order valence-corrected chi connectivity index (χ2v) is 6.37. The molecule has 1 aliphatic carbocycles. The molecule has 1 aromatic heterocycles. The zero-order valence-electron chi connectivity index (χ0n) is 10.6. The first kappa shape index (κ1) is 12.5. The Labute approximate surface area is 114 Å². The lowest BCUT2D eigenvalue weighted by Crippen LogP contribution is -2.10. The summed E-state index contributed by atoms with van der Waals surface area (Å²) in [4.78, 5) is 0. The van der Waals surface area contributed by atoms with Gasteiger partial charge in [-0.05, 0) is 35.3 Å². The fourth-order valence-corrected chi connectivity index (χ4v) is 3.09. The van der Waals surface area contributed by atoms with Gasteiger partial charge in [0.05, 0.1) is 11.8 Å². The molecule has 1 atom stereocenters. The molecule has 1 aliphatic rings. The van der Waals surface area contributed by atoms with E-state index < -0.39 is 10.8 Å². The highest BCUT2D eigenvalue weighted by atomic mass is 32.2. The first-order valence-electron chi connectivity index (χ1n) is 6.48. The highest BCUT2D eigenvalue weighted by Gasteiger charge is 2.28. The number of rotatable bonds is 6.